The molecule has 170 valence electrons. The van der Waals surface area contributed by atoms with Gasteiger partial charge in [-0.15, -0.1) is 0 Å². The van der Waals surface area contributed by atoms with Crippen molar-refractivity contribution < 1.29 is 32.3 Å². The van der Waals surface area contributed by atoms with Crippen molar-refractivity contribution >= 4 is 28.8 Å². The molecule has 1 fully saturated rings. The quantitative estimate of drug-likeness (QED) is 0.659. The Kier molecular flexibility index (Phi) is 6.54. The number of carbonyl (C=O) groups is 3. The fraction of sp³-hybridized carbons (Fsp3) is 0.318. The molecular formula is C22H21F3N2O4S. The minimum atomic E-state index is -4.44. The van der Waals surface area contributed by atoms with Crippen molar-refractivity contribution in [2.24, 2.45) is 0 Å². The fourth-order valence-corrected chi connectivity index (χ4v) is 3.79. The predicted octanol–water partition coefficient (Wildman–Crippen LogP) is 4.84. The van der Waals surface area contributed by atoms with Crippen molar-refractivity contribution in [3.8, 4) is 5.75 Å². The first kappa shape index (κ1) is 23.6. The van der Waals surface area contributed by atoms with Gasteiger partial charge in [0.05, 0.1) is 11.1 Å². The lowest BCUT2D eigenvalue weighted by molar-refractivity contribution is -0.137. The van der Waals surface area contributed by atoms with Crippen LogP contribution in [0, 0.1) is 0 Å². The Bertz CT molecular complexity index is 1050. The molecule has 32 heavy (non-hydrogen) atoms. The van der Waals surface area contributed by atoms with E-state index in [0.717, 1.165) is 23.9 Å². The van der Waals surface area contributed by atoms with Gasteiger partial charge < -0.3 is 10.1 Å². The standard InChI is InChI=1S/C22H21F3N2O4S/c1-21(2,3)31-16-9-6-13(17-19(29)27-20(30)32-17)10-15(16)18(28)26-11-12-4-7-14(8-5-12)22(23,24)25/h4-10,17H,11H2,1-3H3,(H,26,28)(H,27,29,30). The molecule has 0 aromatic heterocycles. The van der Waals surface area contributed by atoms with E-state index in [9.17, 15) is 27.6 Å². The highest BCUT2D eigenvalue weighted by Crippen LogP contribution is 2.36. The number of rotatable bonds is 5. The molecule has 6 nitrogen and oxygen atoms in total. The zero-order valence-corrected chi connectivity index (χ0v) is 18.3. The Labute approximate surface area is 186 Å². The molecule has 0 radical (unpaired) electrons. The monoisotopic (exact) mass is 466 g/mol. The summed E-state index contributed by atoms with van der Waals surface area (Å²) in [5.41, 5.74) is -0.295. The summed E-state index contributed by atoms with van der Waals surface area (Å²) in [6.07, 6.45) is -4.44. The molecule has 1 aliphatic rings. The average molecular weight is 466 g/mol. The third kappa shape index (κ3) is 5.82. The number of nitrogens with one attached hydrogen (secondary N) is 2. The highest BCUT2D eigenvalue weighted by Gasteiger charge is 2.34. The summed E-state index contributed by atoms with van der Waals surface area (Å²) < 4.78 is 44.0. The smallest absolute Gasteiger partial charge is 0.416 e. The second kappa shape index (κ2) is 8.85. The van der Waals surface area contributed by atoms with E-state index in [1.54, 1.807) is 12.1 Å². The Hall–Kier alpha value is -3.01. The van der Waals surface area contributed by atoms with Crippen LogP contribution >= 0.6 is 11.8 Å². The zero-order valence-electron chi connectivity index (χ0n) is 17.5. The Morgan fingerprint density at radius 3 is 2.28 bits per heavy atom. The van der Waals surface area contributed by atoms with Crippen LogP contribution in [0.1, 0.15) is 53.1 Å². The fourth-order valence-electron chi connectivity index (χ4n) is 2.97. The Morgan fingerprint density at radius 2 is 1.75 bits per heavy atom. The van der Waals surface area contributed by atoms with Crippen molar-refractivity contribution in [1.29, 1.82) is 0 Å². The molecule has 2 N–H and O–H groups in total. The molecule has 2 aromatic carbocycles. The summed E-state index contributed by atoms with van der Waals surface area (Å²) in [6.45, 7) is 5.42. The molecule has 2 aromatic rings. The van der Waals surface area contributed by atoms with E-state index in [4.69, 9.17) is 4.74 Å². The van der Waals surface area contributed by atoms with Crippen molar-refractivity contribution in [1.82, 2.24) is 10.6 Å². The van der Waals surface area contributed by atoms with Gasteiger partial charge in [0.1, 0.15) is 16.6 Å². The lowest BCUT2D eigenvalue weighted by atomic mass is 10.0. The van der Waals surface area contributed by atoms with Crippen molar-refractivity contribution in [3.05, 3.63) is 64.7 Å². The molecule has 1 aliphatic heterocycles. The van der Waals surface area contributed by atoms with Gasteiger partial charge in [-0.1, -0.05) is 18.2 Å². The maximum absolute atomic E-state index is 12.9. The first-order chi connectivity index (χ1) is 14.8. The van der Waals surface area contributed by atoms with Gasteiger partial charge in [0, 0.05) is 6.54 Å². The van der Waals surface area contributed by atoms with Crippen molar-refractivity contribution in [2.75, 3.05) is 0 Å². The van der Waals surface area contributed by atoms with Gasteiger partial charge >= 0.3 is 6.18 Å². The van der Waals surface area contributed by atoms with Gasteiger partial charge in [-0.3, -0.25) is 19.7 Å². The summed E-state index contributed by atoms with van der Waals surface area (Å²) in [5.74, 6) is -0.720. The highest BCUT2D eigenvalue weighted by atomic mass is 32.2. The number of carbonyl (C=O) groups excluding carboxylic acids is 3. The minimum absolute atomic E-state index is 0.00664. The largest absolute Gasteiger partial charge is 0.487 e. The topological polar surface area (TPSA) is 84.5 Å². The molecule has 0 aliphatic carbocycles. The summed E-state index contributed by atoms with van der Waals surface area (Å²) in [5, 5.41) is 3.61. The molecule has 0 saturated carbocycles. The van der Waals surface area contributed by atoms with Crippen LogP contribution in [0.4, 0.5) is 18.0 Å². The van der Waals surface area contributed by atoms with E-state index in [0.29, 0.717) is 11.1 Å². The summed E-state index contributed by atoms with van der Waals surface area (Å²) in [7, 11) is 0. The number of alkyl halides is 3. The number of thioether (sulfide) groups is 1. The molecular weight excluding hydrogens is 445 g/mol. The van der Waals surface area contributed by atoms with E-state index in [1.807, 2.05) is 20.8 Å². The van der Waals surface area contributed by atoms with Crippen LogP contribution in [0.2, 0.25) is 0 Å². The van der Waals surface area contributed by atoms with Crippen molar-refractivity contribution in [2.45, 2.75) is 44.3 Å². The number of hydrogen-bond acceptors (Lipinski definition) is 5. The summed E-state index contributed by atoms with van der Waals surface area (Å²) in [6, 6.07) is 9.13. The van der Waals surface area contributed by atoms with Gasteiger partial charge in [-0.05, 0) is 67.9 Å². The highest BCUT2D eigenvalue weighted by molar-refractivity contribution is 8.15. The molecule has 3 rings (SSSR count). The summed E-state index contributed by atoms with van der Waals surface area (Å²) >= 11 is 0.816. The Balaban J connectivity index is 1.82. The molecule has 0 bridgehead atoms. The van der Waals surface area contributed by atoms with Crippen molar-refractivity contribution in [3.63, 3.8) is 0 Å². The molecule has 1 atom stereocenters. The third-order valence-electron chi connectivity index (χ3n) is 4.39. The molecule has 3 amide bonds. The zero-order chi connectivity index (χ0) is 23.7. The van der Waals surface area contributed by atoms with Crippen LogP contribution in [0.5, 0.6) is 5.75 Å². The van der Waals surface area contributed by atoms with Gasteiger partial charge in [0.15, 0.2) is 0 Å². The summed E-state index contributed by atoms with van der Waals surface area (Å²) in [4.78, 5) is 36.5. The number of amides is 3. The minimum Gasteiger partial charge on any atom is -0.487 e. The second-order valence-corrected chi connectivity index (χ2v) is 9.20. The van der Waals surface area contributed by atoms with Crippen LogP contribution in [0.3, 0.4) is 0 Å². The predicted molar refractivity (Wildman–Crippen MR) is 113 cm³/mol. The van der Waals surface area contributed by atoms with E-state index >= 15 is 0 Å². The molecule has 10 heteroatoms. The SMILES string of the molecule is CC(C)(C)Oc1ccc(C2SC(=O)NC2=O)cc1C(=O)NCc1ccc(C(F)(F)F)cc1. The first-order valence-electron chi connectivity index (χ1n) is 9.62. The number of ether oxygens (including phenoxy) is 1. The van der Waals surface area contributed by atoms with Gasteiger partial charge in [0.25, 0.3) is 11.1 Å². The van der Waals surface area contributed by atoms with Crippen LogP contribution in [-0.4, -0.2) is 22.7 Å². The Morgan fingerprint density at radius 1 is 1.09 bits per heavy atom. The van der Waals surface area contributed by atoms with Crippen LogP contribution in [0.25, 0.3) is 0 Å². The van der Waals surface area contributed by atoms with E-state index in [-0.39, 0.29) is 17.9 Å². The lowest BCUT2D eigenvalue weighted by Gasteiger charge is -2.23. The first-order valence-corrected chi connectivity index (χ1v) is 10.5. The molecule has 1 saturated heterocycles. The van der Waals surface area contributed by atoms with Crippen LogP contribution in [-0.2, 0) is 17.5 Å². The van der Waals surface area contributed by atoms with Gasteiger partial charge in [-0.2, -0.15) is 13.2 Å². The molecule has 1 unspecified atom stereocenters. The number of halogens is 3. The maximum atomic E-state index is 12.9. The molecule has 0 spiro atoms. The number of hydrogen-bond donors (Lipinski definition) is 2. The second-order valence-electron chi connectivity index (χ2n) is 8.12. The van der Waals surface area contributed by atoms with E-state index in [2.05, 4.69) is 10.6 Å². The van der Waals surface area contributed by atoms with Crippen LogP contribution in [0.15, 0.2) is 42.5 Å². The molecule has 1 heterocycles. The normalized spacial score (nSPS) is 16.6. The van der Waals surface area contributed by atoms with Gasteiger partial charge in [0.2, 0.25) is 5.91 Å². The number of imide groups is 1. The number of benzene rings is 2. The average Bonchev–Trinajstić information content (AvgIpc) is 3.03. The van der Waals surface area contributed by atoms with E-state index < -0.39 is 39.6 Å². The maximum Gasteiger partial charge on any atom is 0.416 e. The lowest BCUT2D eigenvalue weighted by Crippen LogP contribution is -2.28. The van der Waals surface area contributed by atoms with E-state index in [1.165, 1.54) is 18.2 Å². The third-order valence-corrected chi connectivity index (χ3v) is 5.43. The van der Waals surface area contributed by atoms with Crippen LogP contribution < -0.4 is 15.4 Å². The van der Waals surface area contributed by atoms with Gasteiger partial charge in [-0.25, -0.2) is 0 Å².